The van der Waals surface area contributed by atoms with E-state index in [1.807, 2.05) is 0 Å². The smallest absolute Gasteiger partial charge is 0.168 e. The van der Waals surface area contributed by atoms with Crippen LogP contribution in [0.3, 0.4) is 0 Å². The van der Waals surface area contributed by atoms with Crippen LogP contribution in [0.2, 0.25) is 0 Å². The van der Waals surface area contributed by atoms with E-state index in [2.05, 4.69) is 0 Å². The van der Waals surface area contributed by atoms with E-state index in [-0.39, 0.29) is 5.78 Å². The summed E-state index contributed by atoms with van der Waals surface area (Å²) < 4.78 is 25.2. The zero-order valence-electron chi connectivity index (χ0n) is 16.6. The predicted octanol–water partition coefficient (Wildman–Crippen LogP) is 4.13. The largest absolute Gasteiger partial charge is 0.349 e. The van der Waals surface area contributed by atoms with E-state index in [1.54, 1.807) is 0 Å². The fraction of sp³-hybridized carbons (Fsp3) is 0.955. The minimum Gasteiger partial charge on any atom is -0.349 e. The third-order valence-electron chi connectivity index (χ3n) is 7.95. The van der Waals surface area contributed by atoms with Crippen molar-refractivity contribution in [2.75, 3.05) is 26.4 Å². The first-order valence-corrected chi connectivity index (χ1v) is 11.2. The second-order valence-corrected chi connectivity index (χ2v) is 9.84. The van der Waals surface area contributed by atoms with Crippen molar-refractivity contribution in [2.24, 2.45) is 10.8 Å². The Morgan fingerprint density at radius 3 is 1.22 bits per heavy atom. The summed E-state index contributed by atoms with van der Waals surface area (Å²) in [7, 11) is 0. The maximum atomic E-state index is 13.7. The summed E-state index contributed by atoms with van der Waals surface area (Å²) in [5, 5.41) is 0. The van der Waals surface area contributed by atoms with Crippen LogP contribution >= 0.6 is 0 Å². The molecule has 0 bridgehead atoms. The second kappa shape index (κ2) is 6.79. The van der Waals surface area contributed by atoms with Crippen molar-refractivity contribution in [1.29, 1.82) is 0 Å². The minimum atomic E-state index is -0.495. The predicted molar refractivity (Wildman–Crippen MR) is 99.2 cm³/mol. The van der Waals surface area contributed by atoms with Gasteiger partial charge >= 0.3 is 0 Å². The van der Waals surface area contributed by atoms with Gasteiger partial charge in [-0.2, -0.15) is 0 Å². The molecule has 27 heavy (non-hydrogen) atoms. The van der Waals surface area contributed by atoms with Crippen LogP contribution in [0.4, 0.5) is 0 Å². The molecule has 152 valence electrons. The Morgan fingerprint density at radius 2 is 0.852 bits per heavy atom. The molecule has 0 aromatic heterocycles. The molecule has 5 aliphatic rings. The van der Waals surface area contributed by atoms with Crippen LogP contribution in [0.15, 0.2) is 0 Å². The van der Waals surface area contributed by atoms with E-state index in [1.165, 1.54) is 12.8 Å². The zero-order chi connectivity index (χ0) is 18.4. The molecular formula is C22H34O5. The van der Waals surface area contributed by atoms with Crippen LogP contribution in [0.1, 0.15) is 83.5 Å². The fourth-order valence-corrected chi connectivity index (χ4v) is 6.11. The average molecular weight is 379 g/mol. The molecule has 2 saturated heterocycles. The third-order valence-corrected chi connectivity index (χ3v) is 7.95. The number of carbonyl (C=O) groups is 1. The van der Waals surface area contributed by atoms with E-state index < -0.39 is 22.4 Å². The number of ketones is 1. The number of hydrogen-bond acceptors (Lipinski definition) is 5. The number of carbonyl (C=O) groups excluding carboxylic acids is 1. The van der Waals surface area contributed by atoms with Crippen molar-refractivity contribution in [2.45, 2.75) is 95.0 Å². The quantitative estimate of drug-likeness (QED) is 0.634. The van der Waals surface area contributed by atoms with Crippen LogP contribution in [0.25, 0.3) is 0 Å². The number of Topliss-reactive ketones (excluding diaryl/α,β-unsaturated/α-hetero) is 1. The van der Waals surface area contributed by atoms with Gasteiger partial charge in [0.05, 0.1) is 37.3 Å². The Hall–Kier alpha value is -0.490. The molecule has 5 rings (SSSR count). The summed E-state index contributed by atoms with van der Waals surface area (Å²) in [6, 6.07) is 0. The van der Waals surface area contributed by atoms with E-state index in [4.69, 9.17) is 18.9 Å². The molecule has 0 atom stereocenters. The first-order valence-electron chi connectivity index (χ1n) is 11.2. The highest BCUT2D eigenvalue weighted by atomic mass is 16.7. The van der Waals surface area contributed by atoms with E-state index in [9.17, 15) is 4.79 Å². The highest BCUT2D eigenvalue weighted by molar-refractivity contribution is 5.92. The molecule has 2 aliphatic heterocycles. The topological polar surface area (TPSA) is 54.0 Å². The first kappa shape index (κ1) is 18.5. The zero-order valence-corrected chi connectivity index (χ0v) is 16.6. The van der Waals surface area contributed by atoms with E-state index in [0.717, 1.165) is 70.6 Å². The average Bonchev–Trinajstić information content (AvgIpc) is 2.72. The highest BCUT2D eigenvalue weighted by Crippen LogP contribution is 2.51. The van der Waals surface area contributed by atoms with Crippen molar-refractivity contribution in [3.63, 3.8) is 0 Å². The SMILES string of the molecule is O=C1C2(CCCC13COC1(CCCCC1)OC3)COC1(CCCCC1)OC2. The second-order valence-electron chi connectivity index (χ2n) is 9.84. The number of rotatable bonds is 0. The van der Waals surface area contributed by atoms with Gasteiger partial charge in [0.25, 0.3) is 0 Å². The summed E-state index contributed by atoms with van der Waals surface area (Å²) >= 11 is 0. The molecule has 3 aliphatic carbocycles. The highest BCUT2D eigenvalue weighted by Gasteiger charge is 2.59. The van der Waals surface area contributed by atoms with E-state index in [0.29, 0.717) is 26.4 Å². The Bertz CT molecular complexity index is 505. The summed E-state index contributed by atoms with van der Waals surface area (Å²) in [5.74, 6) is -0.558. The molecule has 4 spiro atoms. The van der Waals surface area contributed by atoms with Crippen LogP contribution in [0.5, 0.6) is 0 Å². The lowest BCUT2D eigenvalue weighted by atomic mass is 9.61. The van der Waals surface area contributed by atoms with Gasteiger partial charge in [0, 0.05) is 25.7 Å². The maximum Gasteiger partial charge on any atom is 0.168 e. The molecule has 5 fully saturated rings. The van der Waals surface area contributed by atoms with Gasteiger partial charge in [0.15, 0.2) is 17.4 Å². The van der Waals surface area contributed by atoms with E-state index >= 15 is 0 Å². The molecule has 5 heteroatoms. The normalized spacial score (nSPS) is 37.9. The van der Waals surface area contributed by atoms with Gasteiger partial charge in [-0.05, 0) is 38.5 Å². The van der Waals surface area contributed by atoms with Crippen LogP contribution in [-0.4, -0.2) is 43.8 Å². The Kier molecular flexibility index (Phi) is 4.66. The molecule has 0 amide bonds. The Balaban J connectivity index is 1.29. The first-order chi connectivity index (χ1) is 13.1. The molecule has 0 N–H and O–H groups in total. The lowest BCUT2D eigenvalue weighted by molar-refractivity contribution is -0.328. The molecule has 3 saturated carbocycles. The van der Waals surface area contributed by atoms with Crippen molar-refractivity contribution in [1.82, 2.24) is 0 Å². The van der Waals surface area contributed by atoms with Gasteiger partial charge in [-0.15, -0.1) is 0 Å². The number of ether oxygens (including phenoxy) is 4. The molecule has 0 unspecified atom stereocenters. The van der Waals surface area contributed by atoms with Gasteiger partial charge in [0.1, 0.15) is 0 Å². The fourth-order valence-electron chi connectivity index (χ4n) is 6.11. The standard InChI is InChI=1S/C22H34O5/c23-18-19(14-24-21(25-15-19)10-3-1-4-11-21)8-7-9-20(18)16-26-22(27-17-20)12-5-2-6-13-22/h1-17H2. The number of hydrogen-bond donors (Lipinski definition) is 0. The van der Waals surface area contributed by atoms with Gasteiger partial charge in [-0.3, -0.25) is 4.79 Å². The Morgan fingerprint density at radius 1 is 0.481 bits per heavy atom. The molecule has 0 aromatic rings. The van der Waals surface area contributed by atoms with Gasteiger partial charge < -0.3 is 18.9 Å². The third kappa shape index (κ3) is 3.09. The molecule has 0 radical (unpaired) electrons. The lowest BCUT2D eigenvalue weighted by Crippen LogP contribution is -2.63. The van der Waals surface area contributed by atoms with Gasteiger partial charge in [0.2, 0.25) is 0 Å². The van der Waals surface area contributed by atoms with Crippen LogP contribution < -0.4 is 0 Å². The van der Waals surface area contributed by atoms with Crippen molar-refractivity contribution >= 4 is 5.78 Å². The van der Waals surface area contributed by atoms with Crippen molar-refractivity contribution in [3.8, 4) is 0 Å². The van der Waals surface area contributed by atoms with Crippen LogP contribution in [-0.2, 0) is 23.7 Å². The van der Waals surface area contributed by atoms with Gasteiger partial charge in [-0.25, -0.2) is 0 Å². The molecule has 5 nitrogen and oxygen atoms in total. The summed E-state index contributed by atoms with van der Waals surface area (Å²) in [4.78, 5) is 13.7. The maximum absolute atomic E-state index is 13.7. The minimum absolute atomic E-state index is 0.276. The van der Waals surface area contributed by atoms with Gasteiger partial charge in [-0.1, -0.05) is 19.3 Å². The monoisotopic (exact) mass is 378 g/mol. The van der Waals surface area contributed by atoms with Crippen LogP contribution in [0, 0.1) is 10.8 Å². The molecule has 0 aromatic carbocycles. The Labute approximate surface area is 162 Å². The summed E-state index contributed by atoms with van der Waals surface area (Å²) in [5.41, 5.74) is -0.991. The van der Waals surface area contributed by atoms with Crippen molar-refractivity contribution < 1.29 is 23.7 Å². The molecular weight excluding hydrogens is 344 g/mol. The van der Waals surface area contributed by atoms with Crippen molar-refractivity contribution in [3.05, 3.63) is 0 Å². The molecule has 2 heterocycles. The lowest BCUT2D eigenvalue weighted by Gasteiger charge is -2.54. The summed E-state index contributed by atoms with van der Waals surface area (Å²) in [6.07, 6.45) is 13.8. The summed E-state index contributed by atoms with van der Waals surface area (Å²) in [6.45, 7) is 2.05.